The molecule has 1 N–H and O–H groups in total. The van der Waals surface area contributed by atoms with E-state index in [0.717, 1.165) is 22.8 Å². The molecule has 5 atom stereocenters. The molecule has 7 nitrogen and oxygen atoms in total. The molecule has 0 spiro atoms. The van der Waals surface area contributed by atoms with Crippen LogP contribution in [-0.4, -0.2) is 48.8 Å². The number of aliphatic hydroxyl groups excluding tert-OH is 1. The molecule has 2 bridgehead atoms. The molecule has 5 aromatic carbocycles. The summed E-state index contributed by atoms with van der Waals surface area (Å²) in [6.07, 6.45) is -2.53. The summed E-state index contributed by atoms with van der Waals surface area (Å²) in [6, 6.07) is 38.0. The van der Waals surface area contributed by atoms with Gasteiger partial charge in [-0.25, -0.2) is 4.39 Å². The first-order chi connectivity index (χ1) is 27.3. The fourth-order valence-electron chi connectivity index (χ4n) is 6.87. The number of rotatable bonds is 15. The van der Waals surface area contributed by atoms with Gasteiger partial charge in [0.15, 0.2) is 11.6 Å². The Balaban J connectivity index is 1.26. The molecule has 2 fully saturated rings. The van der Waals surface area contributed by atoms with Crippen LogP contribution in [0, 0.1) is 5.82 Å². The van der Waals surface area contributed by atoms with Crippen LogP contribution in [0.2, 0.25) is 5.02 Å². The standard InChI is InChI=1S/C43H42ClFO7/c1-2-47-38-21-18-33(23-37(38)45)22-34-24-35(19-20-36(34)44)43-41(50-27-32-16-10-5-11-17-32)39(48-25-30-12-6-3-7-13-30)40(42(28-46,52-43)29-51-43)49-26-31-14-8-4-9-15-31/h3-21,23-24,39-41,46H,2,22,25-29H2,1H3/t39-,40-,41+,42+,43+/m0/s1/i1D3,2D2. The van der Waals surface area contributed by atoms with Crippen molar-refractivity contribution in [1.29, 1.82) is 0 Å². The summed E-state index contributed by atoms with van der Waals surface area (Å²) >= 11 is 6.77. The number of aliphatic hydroxyl groups is 1. The van der Waals surface area contributed by atoms with Crippen LogP contribution in [0.25, 0.3) is 0 Å². The molecule has 2 heterocycles. The minimum Gasteiger partial charge on any atom is -0.491 e. The predicted octanol–water partition coefficient (Wildman–Crippen LogP) is 8.17. The van der Waals surface area contributed by atoms with Crippen molar-refractivity contribution in [3.8, 4) is 5.75 Å². The molecule has 0 saturated carbocycles. The van der Waals surface area contributed by atoms with Gasteiger partial charge < -0.3 is 33.5 Å². The fraction of sp³-hybridized carbons (Fsp3) is 0.302. The van der Waals surface area contributed by atoms with Crippen LogP contribution in [0.15, 0.2) is 127 Å². The number of fused-ring (bicyclic) bond motifs is 2. The molecule has 0 aromatic heterocycles. The predicted molar refractivity (Wildman–Crippen MR) is 195 cm³/mol. The Morgan fingerprint density at radius 2 is 1.40 bits per heavy atom. The Bertz CT molecular complexity index is 2110. The summed E-state index contributed by atoms with van der Waals surface area (Å²) in [4.78, 5) is 0. The molecule has 270 valence electrons. The quantitative estimate of drug-likeness (QED) is 0.117. The first-order valence-corrected chi connectivity index (χ1v) is 17.4. The Labute approximate surface area is 315 Å². The molecule has 0 aliphatic carbocycles. The van der Waals surface area contributed by atoms with E-state index >= 15 is 4.39 Å². The van der Waals surface area contributed by atoms with Crippen molar-refractivity contribution < 1.29 is 44.8 Å². The number of benzene rings is 5. The largest absolute Gasteiger partial charge is 0.491 e. The summed E-state index contributed by atoms with van der Waals surface area (Å²) in [5.41, 5.74) is 2.88. The maximum absolute atomic E-state index is 15.3. The maximum atomic E-state index is 15.3. The van der Waals surface area contributed by atoms with E-state index in [9.17, 15) is 5.11 Å². The lowest BCUT2D eigenvalue weighted by atomic mass is 9.83. The Hall–Kier alpha value is -4.12. The molecule has 9 heteroatoms. The Morgan fingerprint density at radius 3 is 2.00 bits per heavy atom. The van der Waals surface area contributed by atoms with Gasteiger partial charge in [-0.2, -0.15) is 0 Å². The van der Waals surface area contributed by atoms with E-state index in [1.165, 1.54) is 12.1 Å². The fourth-order valence-corrected chi connectivity index (χ4v) is 7.06. The number of hydrogen-bond donors (Lipinski definition) is 1. The first-order valence-electron chi connectivity index (χ1n) is 19.5. The van der Waals surface area contributed by atoms with Crippen LogP contribution in [-0.2, 0) is 55.7 Å². The van der Waals surface area contributed by atoms with Gasteiger partial charge in [-0.05, 0) is 65.4 Å². The highest BCUT2D eigenvalue weighted by atomic mass is 35.5. The molecular weight excluding hydrogens is 683 g/mol. The minimum atomic E-state index is -3.13. The van der Waals surface area contributed by atoms with Gasteiger partial charge in [0.2, 0.25) is 5.79 Å². The van der Waals surface area contributed by atoms with Crippen LogP contribution < -0.4 is 4.74 Å². The SMILES string of the molecule is [2H]C([2H])([2H])C([2H])([2H])Oc1ccc(Cc2cc([C@@]34OC[C@@](CO)(O3)[C@@H](OCc3ccccc3)[C@H](OCc3ccccc3)[C@H]4OCc3ccccc3)ccc2Cl)cc1F. The van der Waals surface area contributed by atoms with E-state index in [2.05, 4.69) is 0 Å². The first kappa shape index (κ1) is 30.4. The van der Waals surface area contributed by atoms with E-state index in [-0.39, 0.29) is 32.8 Å². The third kappa shape index (κ3) is 7.65. The maximum Gasteiger partial charge on any atom is 0.225 e. The number of halogens is 2. The van der Waals surface area contributed by atoms with Crippen molar-refractivity contribution in [2.75, 3.05) is 19.8 Å². The summed E-state index contributed by atoms with van der Waals surface area (Å²) in [5, 5.41) is 11.5. The van der Waals surface area contributed by atoms with Gasteiger partial charge in [-0.15, -0.1) is 0 Å². The zero-order valence-corrected chi connectivity index (χ0v) is 29.0. The molecule has 5 aromatic rings. The van der Waals surface area contributed by atoms with Gasteiger partial charge in [-0.1, -0.05) is 115 Å². The van der Waals surface area contributed by atoms with Crippen molar-refractivity contribution in [3.05, 3.63) is 172 Å². The van der Waals surface area contributed by atoms with E-state index < -0.39 is 61.3 Å². The monoisotopic (exact) mass is 729 g/mol. The van der Waals surface area contributed by atoms with Crippen molar-refractivity contribution in [2.24, 2.45) is 0 Å². The summed E-state index contributed by atoms with van der Waals surface area (Å²) in [5.74, 6) is -3.12. The zero-order valence-electron chi connectivity index (χ0n) is 33.3. The van der Waals surface area contributed by atoms with Gasteiger partial charge in [0, 0.05) is 14.7 Å². The molecule has 0 unspecified atom stereocenters. The highest BCUT2D eigenvalue weighted by Crippen LogP contribution is 2.53. The second kappa shape index (κ2) is 16.3. The van der Waals surface area contributed by atoms with Crippen LogP contribution in [0.5, 0.6) is 5.75 Å². The van der Waals surface area contributed by atoms with Gasteiger partial charge >= 0.3 is 0 Å². The summed E-state index contributed by atoms with van der Waals surface area (Å²) in [6.45, 7) is -6.20. The van der Waals surface area contributed by atoms with Crippen LogP contribution in [0.3, 0.4) is 0 Å². The van der Waals surface area contributed by atoms with Gasteiger partial charge in [0.25, 0.3) is 0 Å². The molecule has 7 rings (SSSR count). The molecule has 0 radical (unpaired) electrons. The lowest BCUT2D eigenvalue weighted by Gasteiger charge is -2.50. The van der Waals surface area contributed by atoms with E-state index in [0.29, 0.717) is 21.7 Å². The minimum absolute atomic E-state index is 0.0618. The average molecular weight is 730 g/mol. The average Bonchev–Trinajstić information content (AvgIpc) is 3.56. The molecule has 2 aliphatic rings. The van der Waals surface area contributed by atoms with E-state index in [1.807, 2.05) is 91.0 Å². The second-order valence-electron chi connectivity index (χ2n) is 12.9. The molecular formula is C43H42ClFO7. The summed E-state index contributed by atoms with van der Waals surface area (Å²) in [7, 11) is 0. The Kier molecular flexibility index (Phi) is 9.50. The molecule has 0 amide bonds. The van der Waals surface area contributed by atoms with Crippen molar-refractivity contribution in [2.45, 2.75) is 62.8 Å². The van der Waals surface area contributed by atoms with E-state index in [1.54, 1.807) is 18.2 Å². The topological polar surface area (TPSA) is 75.6 Å². The van der Waals surface area contributed by atoms with Crippen molar-refractivity contribution >= 4 is 11.6 Å². The molecule has 2 saturated heterocycles. The van der Waals surface area contributed by atoms with Gasteiger partial charge in [0.05, 0.1) is 42.3 Å². The van der Waals surface area contributed by atoms with Crippen LogP contribution in [0.4, 0.5) is 4.39 Å². The normalized spacial score (nSPS) is 25.8. The third-order valence-electron chi connectivity index (χ3n) is 9.47. The molecule has 52 heavy (non-hydrogen) atoms. The summed E-state index contributed by atoms with van der Waals surface area (Å²) < 4.78 is 91.8. The highest BCUT2D eigenvalue weighted by molar-refractivity contribution is 6.31. The van der Waals surface area contributed by atoms with Crippen molar-refractivity contribution in [3.63, 3.8) is 0 Å². The smallest absolute Gasteiger partial charge is 0.225 e. The van der Waals surface area contributed by atoms with Gasteiger partial charge in [0.1, 0.15) is 23.9 Å². The highest BCUT2D eigenvalue weighted by Gasteiger charge is 2.69. The second-order valence-corrected chi connectivity index (χ2v) is 13.3. The lowest BCUT2D eigenvalue weighted by Crippen LogP contribution is -2.67. The number of ether oxygens (including phenoxy) is 6. The number of hydrogen-bond acceptors (Lipinski definition) is 7. The molecule has 2 aliphatic heterocycles. The van der Waals surface area contributed by atoms with E-state index in [4.69, 9.17) is 46.9 Å². The third-order valence-corrected chi connectivity index (χ3v) is 9.84. The lowest BCUT2D eigenvalue weighted by molar-refractivity contribution is -0.353. The Morgan fingerprint density at radius 1 is 0.788 bits per heavy atom. The van der Waals surface area contributed by atoms with Gasteiger partial charge in [-0.3, -0.25) is 0 Å². The van der Waals surface area contributed by atoms with Crippen LogP contribution in [0.1, 0.15) is 47.1 Å². The van der Waals surface area contributed by atoms with Crippen molar-refractivity contribution in [1.82, 2.24) is 0 Å². The van der Waals surface area contributed by atoms with Crippen LogP contribution >= 0.6 is 11.6 Å². The zero-order chi connectivity index (χ0) is 40.3.